The summed E-state index contributed by atoms with van der Waals surface area (Å²) < 4.78 is 5.33. The van der Waals surface area contributed by atoms with E-state index in [2.05, 4.69) is 4.99 Å². The first-order valence-corrected chi connectivity index (χ1v) is 9.68. The Hall–Kier alpha value is -2.72. The van der Waals surface area contributed by atoms with E-state index in [1.165, 1.54) is 0 Å². The largest absolute Gasteiger partial charge is 0.465 e. The smallest absolute Gasteiger partial charge is 0.315 e. The zero-order valence-electron chi connectivity index (χ0n) is 16.0. The topological polar surface area (TPSA) is 55.7 Å². The summed E-state index contributed by atoms with van der Waals surface area (Å²) in [5.41, 5.74) is 5.03. The van der Waals surface area contributed by atoms with Crippen LogP contribution in [0.25, 0.3) is 5.70 Å². The Kier molecular flexibility index (Phi) is 4.68. The number of ether oxygens (including phenoxy) is 1. The normalized spacial score (nSPS) is 20.6. The number of aliphatic imine (C=N–C) groups is 1. The molecule has 1 aliphatic carbocycles. The Morgan fingerprint density at radius 2 is 1.86 bits per heavy atom. The van der Waals surface area contributed by atoms with Gasteiger partial charge < -0.3 is 4.74 Å². The Labute approximate surface area is 168 Å². The first kappa shape index (κ1) is 18.6. The van der Waals surface area contributed by atoms with Gasteiger partial charge in [0.05, 0.1) is 12.3 Å². The molecule has 28 heavy (non-hydrogen) atoms. The van der Waals surface area contributed by atoms with Crippen molar-refractivity contribution in [2.45, 2.75) is 26.7 Å². The number of halogens is 1. The summed E-state index contributed by atoms with van der Waals surface area (Å²) in [4.78, 5) is 30.8. The van der Waals surface area contributed by atoms with E-state index in [0.717, 1.165) is 16.7 Å². The maximum absolute atomic E-state index is 13.3. The zero-order valence-corrected chi connectivity index (χ0v) is 16.7. The minimum Gasteiger partial charge on any atom is -0.465 e. The number of fused-ring (bicyclic) bond motifs is 2. The molecule has 1 aliphatic heterocycles. The molecule has 0 saturated heterocycles. The number of carbonyl (C=O) groups is 2. The number of esters is 1. The van der Waals surface area contributed by atoms with Crippen molar-refractivity contribution in [1.29, 1.82) is 0 Å². The highest BCUT2D eigenvalue weighted by Gasteiger charge is 2.46. The maximum Gasteiger partial charge on any atom is 0.315 e. The van der Waals surface area contributed by atoms with E-state index in [1.54, 1.807) is 13.0 Å². The van der Waals surface area contributed by atoms with Crippen molar-refractivity contribution in [3.63, 3.8) is 0 Å². The fraction of sp³-hybridized carbons (Fsp3) is 0.261. The fourth-order valence-electron chi connectivity index (χ4n) is 4.05. The number of benzene rings is 2. The van der Waals surface area contributed by atoms with Gasteiger partial charge in [0.25, 0.3) is 0 Å². The Balaban J connectivity index is 1.94. The van der Waals surface area contributed by atoms with Crippen LogP contribution < -0.4 is 0 Å². The van der Waals surface area contributed by atoms with Crippen LogP contribution in [0.4, 0.5) is 0 Å². The standard InChI is InChI=1S/C23H20ClNO3/c1-4-28-23(27)18-13(3)25-21-15-7-5-6-8-16(15)22(26)20(21)19(18)14-10-9-12(2)17(24)11-14/h5-11,18-19H,4H2,1-3H3/t18?,19-/m0/s1. The van der Waals surface area contributed by atoms with E-state index in [4.69, 9.17) is 16.3 Å². The van der Waals surface area contributed by atoms with Crippen LogP contribution in [-0.2, 0) is 9.53 Å². The summed E-state index contributed by atoms with van der Waals surface area (Å²) in [5.74, 6) is -1.60. The molecule has 4 rings (SSSR count). The molecule has 0 spiro atoms. The second-order valence-electron chi connectivity index (χ2n) is 7.11. The van der Waals surface area contributed by atoms with Gasteiger partial charge in [-0.05, 0) is 38.0 Å². The fourth-order valence-corrected chi connectivity index (χ4v) is 4.24. The molecule has 0 amide bonds. The van der Waals surface area contributed by atoms with E-state index in [0.29, 0.717) is 27.6 Å². The highest BCUT2D eigenvalue weighted by molar-refractivity contribution is 6.31. The summed E-state index contributed by atoms with van der Waals surface area (Å²) in [6, 6.07) is 13.1. The first-order valence-electron chi connectivity index (χ1n) is 9.30. The molecule has 0 fully saturated rings. The number of hydrogen-bond donors (Lipinski definition) is 0. The van der Waals surface area contributed by atoms with Gasteiger partial charge in [0.2, 0.25) is 0 Å². The van der Waals surface area contributed by atoms with Crippen molar-refractivity contribution in [3.8, 4) is 0 Å². The molecule has 0 bridgehead atoms. The van der Waals surface area contributed by atoms with Gasteiger partial charge in [-0.25, -0.2) is 0 Å². The van der Waals surface area contributed by atoms with E-state index >= 15 is 0 Å². The zero-order chi connectivity index (χ0) is 20.0. The summed E-state index contributed by atoms with van der Waals surface area (Å²) in [7, 11) is 0. The van der Waals surface area contributed by atoms with E-state index < -0.39 is 11.8 Å². The molecule has 1 unspecified atom stereocenters. The molecular weight excluding hydrogens is 374 g/mol. The maximum atomic E-state index is 13.3. The summed E-state index contributed by atoms with van der Waals surface area (Å²) >= 11 is 6.38. The number of hydrogen-bond acceptors (Lipinski definition) is 4. The van der Waals surface area contributed by atoms with Crippen LogP contribution in [0.2, 0.25) is 5.02 Å². The van der Waals surface area contributed by atoms with Gasteiger partial charge >= 0.3 is 5.97 Å². The lowest BCUT2D eigenvalue weighted by Gasteiger charge is -2.30. The van der Waals surface area contributed by atoms with Gasteiger partial charge in [0.1, 0.15) is 5.92 Å². The number of Topliss-reactive ketones (excluding diaryl/α,β-unsaturated/α-hetero) is 1. The van der Waals surface area contributed by atoms with Crippen molar-refractivity contribution >= 4 is 34.8 Å². The lowest BCUT2D eigenvalue weighted by Crippen LogP contribution is -2.35. The van der Waals surface area contributed by atoms with Crippen molar-refractivity contribution in [2.24, 2.45) is 10.9 Å². The van der Waals surface area contributed by atoms with E-state index in [1.807, 2.05) is 50.2 Å². The molecule has 4 nitrogen and oxygen atoms in total. The molecular formula is C23H20ClNO3. The summed E-state index contributed by atoms with van der Waals surface area (Å²) in [6.07, 6.45) is 0. The minimum atomic E-state index is -0.657. The van der Waals surface area contributed by atoms with Crippen molar-refractivity contribution < 1.29 is 14.3 Å². The van der Waals surface area contributed by atoms with Crippen LogP contribution >= 0.6 is 11.6 Å². The van der Waals surface area contributed by atoms with Crippen LogP contribution in [0, 0.1) is 12.8 Å². The molecule has 2 atom stereocenters. The molecule has 2 aromatic rings. The lowest BCUT2D eigenvalue weighted by atomic mass is 9.75. The average molecular weight is 394 g/mol. The van der Waals surface area contributed by atoms with Gasteiger partial charge in [-0.2, -0.15) is 0 Å². The van der Waals surface area contributed by atoms with Crippen LogP contribution in [0.1, 0.15) is 46.8 Å². The van der Waals surface area contributed by atoms with E-state index in [9.17, 15) is 9.59 Å². The molecule has 0 N–H and O–H groups in total. The third kappa shape index (κ3) is 2.80. The second-order valence-corrected chi connectivity index (χ2v) is 7.51. The number of carbonyl (C=O) groups excluding carboxylic acids is 2. The average Bonchev–Trinajstić information content (AvgIpc) is 2.95. The van der Waals surface area contributed by atoms with Gasteiger partial charge in [-0.15, -0.1) is 0 Å². The van der Waals surface area contributed by atoms with Gasteiger partial charge in [0, 0.05) is 33.4 Å². The molecule has 142 valence electrons. The highest BCUT2D eigenvalue weighted by atomic mass is 35.5. The number of allylic oxidation sites excluding steroid dienone is 1. The van der Waals surface area contributed by atoms with Gasteiger partial charge in [-0.3, -0.25) is 14.6 Å². The number of ketones is 1. The molecule has 2 aromatic carbocycles. The molecule has 2 aliphatic rings. The predicted molar refractivity (Wildman–Crippen MR) is 110 cm³/mol. The molecule has 0 aromatic heterocycles. The van der Waals surface area contributed by atoms with Crippen molar-refractivity contribution in [3.05, 3.63) is 75.3 Å². The second kappa shape index (κ2) is 7.02. The molecule has 1 heterocycles. The monoisotopic (exact) mass is 393 g/mol. The van der Waals surface area contributed by atoms with Crippen LogP contribution in [-0.4, -0.2) is 24.1 Å². The Morgan fingerprint density at radius 3 is 2.54 bits per heavy atom. The summed E-state index contributed by atoms with van der Waals surface area (Å²) in [6.45, 7) is 5.78. The third-order valence-electron chi connectivity index (χ3n) is 5.40. The van der Waals surface area contributed by atoms with Crippen LogP contribution in [0.15, 0.2) is 53.0 Å². The summed E-state index contributed by atoms with van der Waals surface area (Å²) in [5, 5.41) is 0.602. The van der Waals surface area contributed by atoms with Crippen molar-refractivity contribution in [1.82, 2.24) is 0 Å². The third-order valence-corrected chi connectivity index (χ3v) is 5.81. The highest BCUT2D eigenvalue weighted by Crippen LogP contribution is 2.48. The van der Waals surface area contributed by atoms with Crippen LogP contribution in [0.3, 0.4) is 0 Å². The quantitative estimate of drug-likeness (QED) is 0.690. The lowest BCUT2D eigenvalue weighted by molar-refractivity contribution is -0.145. The molecule has 0 saturated carbocycles. The number of aryl methyl sites for hydroxylation is 1. The SMILES string of the molecule is CCOC(=O)C1C(C)=NC2=C(C(=O)c3ccccc32)[C@H]1c1ccc(C)c(Cl)c1. The Bertz CT molecular complexity index is 1070. The van der Waals surface area contributed by atoms with Crippen molar-refractivity contribution in [2.75, 3.05) is 6.61 Å². The number of rotatable bonds is 3. The minimum absolute atomic E-state index is 0.0853. The van der Waals surface area contributed by atoms with Gasteiger partial charge in [-0.1, -0.05) is 48.0 Å². The molecule has 5 heteroatoms. The number of nitrogens with zero attached hydrogens (tertiary/aromatic N) is 1. The van der Waals surface area contributed by atoms with E-state index in [-0.39, 0.29) is 18.4 Å². The van der Waals surface area contributed by atoms with Crippen LogP contribution in [0.5, 0.6) is 0 Å². The molecule has 0 radical (unpaired) electrons. The Morgan fingerprint density at radius 1 is 1.14 bits per heavy atom. The predicted octanol–water partition coefficient (Wildman–Crippen LogP) is 4.99. The first-order chi connectivity index (χ1) is 13.4. The van der Waals surface area contributed by atoms with Gasteiger partial charge in [0.15, 0.2) is 5.78 Å².